The van der Waals surface area contributed by atoms with Gasteiger partial charge < -0.3 is 19.3 Å². The average molecular weight is 534 g/mol. The van der Waals surface area contributed by atoms with Crippen molar-refractivity contribution in [3.8, 4) is 11.5 Å². The molecule has 4 rings (SSSR count). The van der Waals surface area contributed by atoms with Crippen molar-refractivity contribution >= 4 is 17.9 Å². The number of hydrogen-bond donors (Lipinski definition) is 1. The predicted molar refractivity (Wildman–Crippen MR) is 115 cm³/mol. The van der Waals surface area contributed by atoms with Crippen molar-refractivity contribution in [2.24, 2.45) is 0 Å². The molecule has 2 aromatic carbocycles. The van der Waals surface area contributed by atoms with Gasteiger partial charge in [-0.2, -0.15) is 26.3 Å². The Morgan fingerprint density at radius 3 is 2.11 bits per heavy atom. The highest BCUT2D eigenvalue weighted by Gasteiger charge is 2.45. The maximum absolute atomic E-state index is 13.3. The molecule has 0 radical (unpaired) electrons. The largest absolute Gasteiger partial charge is 0.493 e. The zero-order chi connectivity index (χ0) is 27.3. The van der Waals surface area contributed by atoms with Crippen LogP contribution in [0.25, 0.3) is 0 Å². The van der Waals surface area contributed by atoms with Crippen LogP contribution in [0.4, 0.5) is 41.6 Å². The molecule has 2 heterocycles. The van der Waals surface area contributed by atoms with E-state index < -0.39 is 59.9 Å². The number of alkyl halides is 6. The van der Waals surface area contributed by atoms with E-state index in [0.29, 0.717) is 12.1 Å². The van der Waals surface area contributed by atoms with Gasteiger partial charge >= 0.3 is 24.5 Å². The Kier molecular flexibility index (Phi) is 6.54. The highest BCUT2D eigenvalue weighted by Crippen LogP contribution is 2.48. The molecule has 2 aromatic rings. The van der Waals surface area contributed by atoms with Gasteiger partial charge in [0.2, 0.25) is 0 Å². The molecule has 1 saturated heterocycles. The first-order chi connectivity index (χ1) is 17.2. The third-order valence-corrected chi connectivity index (χ3v) is 6.23. The zero-order valence-electron chi connectivity index (χ0n) is 19.3. The molecule has 14 heteroatoms. The number of carbonyl (C=O) groups is 2. The first-order valence-corrected chi connectivity index (χ1v) is 10.7. The lowest BCUT2D eigenvalue weighted by atomic mass is 9.90. The molecule has 0 spiro atoms. The number of benzene rings is 2. The number of rotatable bonds is 5. The highest BCUT2D eigenvalue weighted by atomic mass is 19.4. The lowest BCUT2D eigenvalue weighted by molar-refractivity contribution is -0.143. The third-order valence-electron chi connectivity index (χ3n) is 6.23. The summed E-state index contributed by atoms with van der Waals surface area (Å²) < 4.78 is 95.7. The van der Waals surface area contributed by atoms with E-state index in [-0.39, 0.29) is 41.8 Å². The van der Waals surface area contributed by atoms with Crippen LogP contribution in [0.15, 0.2) is 30.3 Å². The van der Waals surface area contributed by atoms with Crippen LogP contribution >= 0.6 is 0 Å². The number of ether oxygens (including phenoxy) is 3. The first-order valence-electron chi connectivity index (χ1n) is 10.7. The predicted octanol–water partition coefficient (Wildman–Crippen LogP) is 5.69. The summed E-state index contributed by atoms with van der Waals surface area (Å²) >= 11 is 0. The maximum Gasteiger partial charge on any atom is 0.416 e. The Labute approximate surface area is 205 Å². The average Bonchev–Trinajstić information content (AvgIpc) is 3.20. The van der Waals surface area contributed by atoms with Crippen molar-refractivity contribution in [2.45, 2.75) is 37.4 Å². The van der Waals surface area contributed by atoms with Gasteiger partial charge in [0.05, 0.1) is 43.1 Å². The minimum absolute atomic E-state index is 0.0222. The summed E-state index contributed by atoms with van der Waals surface area (Å²) in [5.41, 5.74) is -3.14. The molecule has 200 valence electrons. The number of methoxy groups -OCH3 is 2. The second-order valence-corrected chi connectivity index (χ2v) is 8.44. The number of hydrogen-bond acceptors (Lipinski definition) is 5. The molecule has 2 atom stereocenters. The maximum atomic E-state index is 13.3. The van der Waals surface area contributed by atoms with Gasteiger partial charge in [-0.05, 0) is 36.2 Å². The molecule has 0 aliphatic carbocycles. The van der Waals surface area contributed by atoms with Crippen LogP contribution in [0, 0.1) is 0 Å². The summed E-state index contributed by atoms with van der Waals surface area (Å²) in [7, 11) is 2.67. The van der Waals surface area contributed by atoms with Gasteiger partial charge in [-0.25, -0.2) is 9.59 Å². The Hall–Kier alpha value is -3.84. The van der Waals surface area contributed by atoms with Crippen molar-refractivity contribution in [3.05, 3.63) is 52.6 Å². The van der Waals surface area contributed by atoms with E-state index in [9.17, 15) is 41.0 Å². The molecule has 37 heavy (non-hydrogen) atoms. The summed E-state index contributed by atoms with van der Waals surface area (Å²) in [5, 5.41) is 10.0. The summed E-state index contributed by atoms with van der Waals surface area (Å²) in [6, 6.07) is 2.11. The van der Waals surface area contributed by atoms with Crippen LogP contribution in [0.1, 0.15) is 34.7 Å². The van der Waals surface area contributed by atoms with Crippen molar-refractivity contribution in [1.29, 1.82) is 0 Å². The molecule has 2 amide bonds. The van der Waals surface area contributed by atoms with Crippen molar-refractivity contribution in [1.82, 2.24) is 4.90 Å². The quantitative estimate of drug-likeness (QED) is 0.496. The lowest BCUT2D eigenvalue weighted by Crippen LogP contribution is -2.45. The fourth-order valence-corrected chi connectivity index (χ4v) is 4.59. The SMILES string of the molecule is COc1cc2c(cc1OC)N1C(=O)OCC1CC2N(Cc1cc(C(F)(F)F)cc(C(F)(F)F)c1)C(=O)O. The van der Waals surface area contributed by atoms with Crippen LogP contribution in [0.2, 0.25) is 0 Å². The molecule has 1 fully saturated rings. The van der Waals surface area contributed by atoms with Crippen LogP contribution in [-0.2, 0) is 23.6 Å². The van der Waals surface area contributed by atoms with E-state index >= 15 is 0 Å². The zero-order valence-corrected chi connectivity index (χ0v) is 19.3. The Balaban J connectivity index is 1.82. The van der Waals surface area contributed by atoms with Crippen LogP contribution < -0.4 is 14.4 Å². The molecular weight excluding hydrogens is 514 g/mol. The Morgan fingerprint density at radius 1 is 1.03 bits per heavy atom. The number of halogens is 6. The van der Waals surface area contributed by atoms with Crippen molar-refractivity contribution in [2.75, 3.05) is 25.7 Å². The first kappa shape index (κ1) is 26.2. The molecule has 2 aliphatic rings. The van der Waals surface area contributed by atoms with Gasteiger partial charge in [0, 0.05) is 18.2 Å². The van der Waals surface area contributed by atoms with Gasteiger partial charge in [-0.3, -0.25) is 9.80 Å². The number of carboxylic acid groups (broad SMARTS) is 1. The standard InChI is InChI=1S/C23H20F6N2O6/c1-35-18-7-15-16(6-14-10-37-21(34)31(14)17(15)8-19(18)36-2)30(20(32)33)9-11-3-12(22(24,25)26)5-13(4-11)23(27,28)29/h3-5,7-8,14,16H,6,9-10H2,1-2H3,(H,32,33). The van der Waals surface area contributed by atoms with Crippen molar-refractivity contribution < 1.29 is 55.2 Å². The topological polar surface area (TPSA) is 88.5 Å². The molecule has 0 bridgehead atoms. The van der Waals surface area contributed by atoms with Crippen LogP contribution in [0.5, 0.6) is 11.5 Å². The van der Waals surface area contributed by atoms with Crippen molar-refractivity contribution in [3.63, 3.8) is 0 Å². The monoisotopic (exact) mass is 534 g/mol. The van der Waals surface area contributed by atoms with Gasteiger partial charge in [0.1, 0.15) is 6.61 Å². The number of carbonyl (C=O) groups excluding carboxylic acids is 1. The summed E-state index contributed by atoms with van der Waals surface area (Å²) in [6.45, 7) is -0.874. The third kappa shape index (κ3) is 4.91. The number of nitrogens with zero attached hydrogens (tertiary/aromatic N) is 2. The molecule has 1 N–H and O–H groups in total. The molecule has 8 nitrogen and oxygen atoms in total. The van der Waals surface area contributed by atoms with E-state index in [1.807, 2.05) is 0 Å². The summed E-state index contributed by atoms with van der Waals surface area (Å²) in [6.07, 6.45) is -12.5. The second kappa shape index (κ2) is 9.23. The number of anilines is 1. The van der Waals surface area contributed by atoms with E-state index in [1.54, 1.807) is 0 Å². The van der Waals surface area contributed by atoms with Gasteiger partial charge in [0.15, 0.2) is 11.5 Å². The highest BCUT2D eigenvalue weighted by molar-refractivity contribution is 5.93. The molecule has 0 aromatic heterocycles. The molecular formula is C23H20F6N2O6. The molecule has 2 aliphatic heterocycles. The van der Waals surface area contributed by atoms with Crippen LogP contribution in [0.3, 0.4) is 0 Å². The minimum atomic E-state index is -5.09. The minimum Gasteiger partial charge on any atom is -0.493 e. The van der Waals surface area contributed by atoms with Gasteiger partial charge in [-0.1, -0.05) is 0 Å². The molecule has 0 saturated carbocycles. The molecule has 2 unspecified atom stereocenters. The van der Waals surface area contributed by atoms with Gasteiger partial charge in [-0.15, -0.1) is 0 Å². The van der Waals surface area contributed by atoms with Crippen LogP contribution in [-0.4, -0.2) is 49.1 Å². The van der Waals surface area contributed by atoms with E-state index in [4.69, 9.17) is 14.2 Å². The Morgan fingerprint density at radius 2 is 1.59 bits per heavy atom. The summed E-state index contributed by atoms with van der Waals surface area (Å²) in [5.74, 6) is 0.399. The Bertz CT molecular complexity index is 1200. The van der Waals surface area contributed by atoms with E-state index in [2.05, 4.69) is 0 Å². The fourth-order valence-electron chi connectivity index (χ4n) is 4.59. The van der Waals surface area contributed by atoms with E-state index in [1.165, 1.54) is 31.3 Å². The number of fused-ring (bicyclic) bond motifs is 3. The normalized spacial score (nSPS) is 19.1. The number of amides is 2. The van der Waals surface area contributed by atoms with Gasteiger partial charge in [0.25, 0.3) is 0 Å². The van der Waals surface area contributed by atoms with E-state index in [0.717, 1.165) is 4.90 Å². The second-order valence-electron chi connectivity index (χ2n) is 8.44. The smallest absolute Gasteiger partial charge is 0.416 e. The lowest BCUT2D eigenvalue weighted by Gasteiger charge is -2.40. The fraction of sp³-hybridized carbons (Fsp3) is 0.391. The summed E-state index contributed by atoms with van der Waals surface area (Å²) in [4.78, 5) is 26.7. The number of cyclic esters (lactones) is 1.